The second kappa shape index (κ2) is 4.87. The van der Waals surface area contributed by atoms with Crippen LogP contribution in [0.25, 0.3) is 0 Å². The van der Waals surface area contributed by atoms with E-state index in [4.69, 9.17) is 11.5 Å². The van der Waals surface area contributed by atoms with E-state index in [1.807, 2.05) is 19.1 Å². The number of aryl methyl sites for hydroxylation is 1. The highest BCUT2D eigenvalue weighted by atomic mass is 16.1. The highest BCUT2D eigenvalue weighted by Crippen LogP contribution is 2.15. The quantitative estimate of drug-likeness (QED) is 0.636. The lowest BCUT2D eigenvalue weighted by Crippen LogP contribution is -2.09. The Bertz CT molecular complexity index is 576. The third-order valence-corrected chi connectivity index (χ3v) is 2.70. The summed E-state index contributed by atoms with van der Waals surface area (Å²) in [6.07, 6.45) is 1.95. The number of anilines is 2. The van der Waals surface area contributed by atoms with Crippen LogP contribution in [0.5, 0.6) is 0 Å². The lowest BCUT2D eigenvalue weighted by atomic mass is 10.0. The Balaban J connectivity index is 2.21. The number of ketones is 1. The molecular weight excluding hydrogens is 226 g/mol. The number of benzene rings is 1. The number of Topliss-reactive ketones (excluding diaryl/α,β-unsaturated/α-hetero) is 1. The molecular formula is C14H15N3O. The zero-order valence-electron chi connectivity index (χ0n) is 10.2. The van der Waals surface area contributed by atoms with E-state index in [-0.39, 0.29) is 11.6 Å². The molecule has 2 aromatic rings. The smallest absolute Gasteiger partial charge is 0.170 e. The molecule has 1 aromatic carbocycles. The van der Waals surface area contributed by atoms with E-state index in [0.717, 1.165) is 11.1 Å². The van der Waals surface area contributed by atoms with Gasteiger partial charge in [-0.15, -0.1) is 0 Å². The molecule has 0 aliphatic carbocycles. The Hall–Kier alpha value is -2.36. The average Bonchev–Trinajstić information content (AvgIpc) is 2.35. The Morgan fingerprint density at radius 3 is 2.56 bits per heavy atom. The van der Waals surface area contributed by atoms with Crippen LogP contribution in [0.1, 0.15) is 21.5 Å². The van der Waals surface area contributed by atoms with Gasteiger partial charge in [0.05, 0.1) is 5.56 Å². The fraction of sp³-hybridized carbons (Fsp3) is 0.143. The minimum absolute atomic E-state index is 0.0338. The van der Waals surface area contributed by atoms with Gasteiger partial charge < -0.3 is 11.5 Å². The van der Waals surface area contributed by atoms with Crippen LogP contribution in [0, 0.1) is 6.92 Å². The van der Waals surface area contributed by atoms with Crippen LogP contribution in [-0.2, 0) is 6.42 Å². The third kappa shape index (κ3) is 2.66. The fourth-order valence-electron chi connectivity index (χ4n) is 1.72. The lowest BCUT2D eigenvalue weighted by Gasteiger charge is -2.05. The number of carbonyl (C=O) groups is 1. The summed E-state index contributed by atoms with van der Waals surface area (Å²) in [6, 6.07) is 9.00. The largest absolute Gasteiger partial charge is 0.399 e. The summed E-state index contributed by atoms with van der Waals surface area (Å²) in [5.41, 5.74) is 14.3. The first-order valence-corrected chi connectivity index (χ1v) is 5.66. The lowest BCUT2D eigenvalue weighted by molar-refractivity contribution is 0.0993. The van der Waals surface area contributed by atoms with Gasteiger partial charge in [-0.3, -0.25) is 4.79 Å². The molecule has 4 nitrogen and oxygen atoms in total. The first-order valence-electron chi connectivity index (χ1n) is 5.66. The molecule has 1 heterocycles. The third-order valence-electron chi connectivity index (χ3n) is 2.70. The molecule has 0 fully saturated rings. The van der Waals surface area contributed by atoms with E-state index in [1.54, 1.807) is 24.4 Å². The zero-order valence-corrected chi connectivity index (χ0v) is 10.2. The van der Waals surface area contributed by atoms with E-state index in [2.05, 4.69) is 4.98 Å². The number of pyridine rings is 1. The Morgan fingerprint density at radius 2 is 1.89 bits per heavy atom. The van der Waals surface area contributed by atoms with Crippen molar-refractivity contribution in [2.75, 3.05) is 11.5 Å². The number of rotatable bonds is 3. The van der Waals surface area contributed by atoms with Gasteiger partial charge in [-0.1, -0.05) is 12.1 Å². The summed E-state index contributed by atoms with van der Waals surface area (Å²) < 4.78 is 0. The van der Waals surface area contributed by atoms with Crippen LogP contribution < -0.4 is 11.5 Å². The van der Waals surface area contributed by atoms with Gasteiger partial charge in [0.1, 0.15) is 5.82 Å². The van der Waals surface area contributed by atoms with Gasteiger partial charge in [0.25, 0.3) is 0 Å². The van der Waals surface area contributed by atoms with Crippen LogP contribution in [0.15, 0.2) is 36.5 Å². The SMILES string of the molecule is Cc1cnc(N)c(C(=O)Cc2ccc(N)cc2)c1. The van der Waals surface area contributed by atoms with Gasteiger partial charge in [-0.25, -0.2) is 4.98 Å². The normalized spacial score (nSPS) is 10.3. The summed E-state index contributed by atoms with van der Waals surface area (Å²) >= 11 is 0. The second-order valence-electron chi connectivity index (χ2n) is 4.29. The number of nitrogen functional groups attached to an aromatic ring is 2. The molecule has 1 aromatic heterocycles. The minimum atomic E-state index is -0.0338. The molecule has 4 heteroatoms. The number of aromatic nitrogens is 1. The van der Waals surface area contributed by atoms with Gasteiger partial charge in [0.15, 0.2) is 5.78 Å². The van der Waals surface area contributed by atoms with E-state index in [9.17, 15) is 4.79 Å². The molecule has 92 valence electrons. The van der Waals surface area contributed by atoms with Crippen molar-refractivity contribution in [3.63, 3.8) is 0 Å². The molecule has 0 bridgehead atoms. The molecule has 4 N–H and O–H groups in total. The zero-order chi connectivity index (χ0) is 13.1. The Labute approximate surface area is 106 Å². The fourth-order valence-corrected chi connectivity index (χ4v) is 1.72. The van der Waals surface area contributed by atoms with Gasteiger partial charge in [0, 0.05) is 18.3 Å². The maximum atomic E-state index is 12.1. The van der Waals surface area contributed by atoms with Crippen LogP contribution >= 0.6 is 0 Å². The molecule has 0 saturated carbocycles. The molecule has 0 spiro atoms. The van der Waals surface area contributed by atoms with Crippen molar-refractivity contribution in [3.8, 4) is 0 Å². The number of hydrogen-bond donors (Lipinski definition) is 2. The standard InChI is InChI=1S/C14H15N3O/c1-9-6-12(14(16)17-8-9)13(18)7-10-2-4-11(15)5-3-10/h2-6,8H,7,15H2,1H3,(H2,16,17). The Kier molecular flexibility index (Phi) is 3.28. The van der Waals surface area contributed by atoms with Gasteiger partial charge >= 0.3 is 0 Å². The van der Waals surface area contributed by atoms with Crippen molar-refractivity contribution in [1.82, 2.24) is 4.98 Å². The van der Waals surface area contributed by atoms with Crippen molar-refractivity contribution in [3.05, 3.63) is 53.2 Å². The van der Waals surface area contributed by atoms with Crippen LogP contribution in [0.3, 0.4) is 0 Å². The predicted octanol–water partition coefficient (Wildman–Crippen LogP) is 1.98. The van der Waals surface area contributed by atoms with Crippen LogP contribution in [0.2, 0.25) is 0 Å². The summed E-state index contributed by atoms with van der Waals surface area (Å²) in [5, 5.41) is 0. The first-order chi connectivity index (χ1) is 8.56. The molecule has 2 rings (SSSR count). The molecule has 0 saturated heterocycles. The van der Waals surface area contributed by atoms with E-state index >= 15 is 0 Å². The minimum Gasteiger partial charge on any atom is -0.399 e. The monoisotopic (exact) mass is 241 g/mol. The Morgan fingerprint density at radius 1 is 1.22 bits per heavy atom. The average molecular weight is 241 g/mol. The highest BCUT2D eigenvalue weighted by Gasteiger charge is 2.11. The maximum absolute atomic E-state index is 12.1. The van der Waals surface area contributed by atoms with Crippen LogP contribution in [0.4, 0.5) is 11.5 Å². The van der Waals surface area contributed by atoms with Crippen molar-refractivity contribution in [2.24, 2.45) is 0 Å². The van der Waals surface area contributed by atoms with E-state index in [0.29, 0.717) is 17.7 Å². The molecule has 18 heavy (non-hydrogen) atoms. The summed E-state index contributed by atoms with van der Waals surface area (Å²) in [5.74, 6) is 0.245. The summed E-state index contributed by atoms with van der Waals surface area (Å²) in [6.45, 7) is 1.88. The molecule has 0 amide bonds. The second-order valence-corrected chi connectivity index (χ2v) is 4.29. The number of carbonyl (C=O) groups excluding carboxylic acids is 1. The van der Waals surface area contributed by atoms with Gasteiger partial charge in [-0.05, 0) is 36.2 Å². The topological polar surface area (TPSA) is 82.0 Å². The molecule has 0 aliphatic heterocycles. The number of nitrogens with zero attached hydrogens (tertiary/aromatic N) is 1. The molecule has 0 atom stereocenters. The van der Waals surface area contributed by atoms with Crippen molar-refractivity contribution in [1.29, 1.82) is 0 Å². The first kappa shape index (κ1) is 12.1. The van der Waals surface area contributed by atoms with E-state index < -0.39 is 0 Å². The van der Waals surface area contributed by atoms with Crippen molar-refractivity contribution in [2.45, 2.75) is 13.3 Å². The van der Waals surface area contributed by atoms with Crippen molar-refractivity contribution >= 4 is 17.3 Å². The maximum Gasteiger partial charge on any atom is 0.170 e. The molecule has 0 aliphatic rings. The highest BCUT2D eigenvalue weighted by molar-refractivity contribution is 6.01. The molecule has 0 unspecified atom stereocenters. The summed E-state index contributed by atoms with van der Waals surface area (Å²) in [7, 11) is 0. The van der Waals surface area contributed by atoms with Gasteiger partial charge in [-0.2, -0.15) is 0 Å². The number of hydrogen-bond acceptors (Lipinski definition) is 4. The molecule has 0 radical (unpaired) electrons. The van der Waals surface area contributed by atoms with Crippen LogP contribution in [-0.4, -0.2) is 10.8 Å². The van der Waals surface area contributed by atoms with Gasteiger partial charge in [0.2, 0.25) is 0 Å². The summed E-state index contributed by atoms with van der Waals surface area (Å²) in [4.78, 5) is 16.1. The number of nitrogens with two attached hydrogens (primary N) is 2. The van der Waals surface area contributed by atoms with Crippen molar-refractivity contribution < 1.29 is 4.79 Å². The van der Waals surface area contributed by atoms with E-state index in [1.165, 1.54) is 0 Å². The predicted molar refractivity (Wildman–Crippen MR) is 72.3 cm³/mol.